The van der Waals surface area contributed by atoms with Crippen molar-refractivity contribution in [2.75, 3.05) is 6.61 Å². The zero-order valence-corrected chi connectivity index (χ0v) is 22.4. The predicted molar refractivity (Wildman–Crippen MR) is 142 cm³/mol. The van der Waals surface area contributed by atoms with Crippen molar-refractivity contribution in [2.45, 2.75) is 83.8 Å². The molecule has 0 aromatic heterocycles. The number of nitrogens with zero attached hydrogens (tertiary/aromatic N) is 1. The van der Waals surface area contributed by atoms with Crippen molar-refractivity contribution >= 4 is 35.0 Å². The van der Waals surface area contributed by atoms with Crippen LogP contribution in [-0.4, -0.2) is 35.4 Å². The van der Waals surface area contributed by atoms with Gasteiger partial charge < -0.3 is 15.0 Å². The average Bonchev–Trinajstić information content (AvgIpc) is 2.84. The standard InChI is InChI=1S/C28H36Cl2N2O3/c1-4-26(28(34)31-23-8-6-5-7-9-23)32(17-21-10-13-22(29)16-25(21)30)27(33)18-35-24-14-11-20(12-15-24)19(2)3/h10-16,19,23,26H,4-9,17-18H2,1-3H3,(H,31,34)/t26-/m0/s1. The minimum absolute atomic E-state index is 0.126. The summed E-state index contributed by atoms with van der Waals surface area (Å²) in [6.45, 7) is 6.20. The van der Waals surface area contributed by atoms with Crippen molar-refractivity contribution in [3.63, 3.8) is 0 Å². The van der Waals surface area contributed by atoms with Crippen molar-refractivity contribution in [3.8, 4) is 5.75 Å². The minimum Gasteiger partial charge on any atom is -0.484 e. The summed E-state index contributed by atoms with van der Waals surface area (Å²) in [6.07, 6.45) is 5.89. The molecule has 0 bridgehead atoms. The lowest BCUT2D eigenvalue weighted by Crippen LogP contribution is -2.52. The van der Waals surface area contributed by atoms with Crippen LogP contribution < -0.4 is 10.1 Å². The number of hydrogen-bond donors (Lipinski definition) is 1. The van der Waals surface area contributed by atoms with E-state index in [1.165, 1.54) is 12.0 Å². The van der Waals surface area contributed by atoms with Crippen molar-refractivity contribution in [3.05, 3.63) is 63.6 Å². The first-order valence-electron chi connectivity index (χ1n) is 12.5. The maximum atomic E-state index is 13.4. The second-order valence-corrected chi connectivity index (χ2v) is 10.4. The topological polar surface area (TPSA) is 58.6 Å². The molecule has 3 rings (SSSR count). The van der Waals surface area contributed by atoms with Crippen molar-refractivity contribution in [1.82, 2.24) is 10.2 Å². The smallest absolute Gasteiger partial charge is 0.261 e. The Hall–Kier alpha value is -2.24. The monoisotopic (exact) mass is 518 g/mol. The van der Waals surface area contributed by atoms with Gasteiger partial charge in [0.05, 0.1) is 0 Å². The highest BCUT2D eigenvalue weighted by Gasteiger charge is 2.31. The van der Waals surface area contributed by atoms with Crippen LogP contribution in [0.4, 0.5) is 0 Å². The first kappa shape index (κ1) is 27.3. The molecule has 1 N–H and O–H groups in total. The van der Waals surface area contributed by atoms with Crippen LogP contribution in [0.25, 0.3) is 0 Å². The molecule has 0 spiro atoms. The van der Waals surface area contributed by atoms with Gasteiger partial charge in [0.25, 0.3) is 5.91 Å². The molecule has 2 aromatic carbocycles. The van der Waals surface area contributed by atoms with E-state index in [4.69, 9.17) is 27.9 Å². The van der Waals surface area contributed by atoms with Gasteiger partial charge in [0.2, 0.25) is 5.91 Å². The van der Waals surface area contributed by atoms with E-state index in [2.05, 4.69) is 19.2 Å². The van der Waals surface area contributed by atoms with Crippen molar-refractivity contribution in [1.29, 1.82) is 0 Å². The van der Waals surface area contributed by atoms with E-state index in [0.29, 0.717) is 28.1 Å². The maximum Gasteiger partial charge on any atom is 0.261 e. The second kappa shape index (κ2) is 13.2. The highest BCUT2D eigenvalue weighted by Crippen LogP contribution is 2.25. The second-order valence-electron chi connectivity index (χ2n) is 9.54. The normalized spacial score (nSPS) is 15.0. The van der Waals surface area contributed by atoms with Gasteiger partial charge in [-0.05, 0) is 60.6 Å². The molecule has 0 unspecified atom stereocenters. The number of nitrogens with one attached hydrogen (secondary N) is 1. The van der Waals surface area contributed by atoms with Crippen LogP contribution >= 0.6 is 23.2 Å². The van der Waals surface area contributed by atoms with Gasteiger partial charge in [0.15, 0.2) is 6.61 Å². The zero-order chi connectivity index (χ0) is 25.4. The quantitative estimate of drug-likeness (QED) is 0.378. The lowest BCUT2D eigenvalue weighted by molar-refractivity contribution is -0.143. The fraction of sp³-hybridized carbons (Fsp3) is 0.500. The Kier molecular flexibility index (Phi) is 10.3. The highest BCUT2D eigenvalue weighted by atomic mass is 35.5. The molecule has 1 fully saturated rings. The highest BCUT2D eigenvalue weighted by molar-refractivity contribution is 6.35. The summed E-state index contributed by atoms with van der Waals surface area (Å²) in [6, 6.07) is 12.5. The number of carbonyl (C=O) groups is 2. The van der Waals surface area contributed by atoms with Gasteiger partial charge >= 0.3 is 0 Å². The molecule has 5 nitrogen and oxygen atoms in total. The molecule has 0 heterocycles. The molecule has 1 saturated carbocycles. The van der Waals surface area contributed by atoms with E-state index in [1.54, 1.807) is 23.1 Å². The Morgan fingerprint density at radius 3 is 2.34 bits per heavy atom. The Morgan fingerprint density at radius 2 is 1.74 bits per heavy atom. The number of benzene rings is 2. The molecular formula is C28H36Cl2N2O3. The largest absolute Gasteiger partial charge is 0.484 e. The molecule has 0 aliphatic heterocycles. The van der Waals surface area contributed by atoms with Gasteiger partial charge in [-0.1, -0.05) is 81.4 Å². The number of amides is 2. The van der Waals surface area contributed by atoms with Crippen molar-refractivity contribution in [2.24, 2.45) is 0 Å². The lowest BCUT2D eigenvalue weighted by Gasteiger charge is -2.33. The summed E-state index contributed by atoms with van der Waals surface area (Å²) < 4.78 is 5.82. The van der Waals surface area contributed by atoms with Crippen LogP contribution in [0.3, 0.4) is 0 Å². The van der Waals surface area contributed by atoms with Gasteiger partial charge in [0.1, 0.15) is 11.8 Å². The third kappa shape index (κ3) is 7.88. The predicted octanol–water partition coefficient (Wildman–Crippen LogP) is 6.75. The van der Waals surface area contributed by atoms with Gasteiger partial charge in [0, 0.05) is 22.6 Å². The molecule has 190 valence electrons. The van der Waals surface area contributed by atoms with Crippen LogP contribution in [0, 0.1) is 0 Å². The summed E-state index contributed by atoms with van der Waals surface area (Å²) in [4.78, 5) is 28.3. The average molecular weight is 520 g/mol. The third-order valence-electron chi connectivity index (χ3n) is 6.60. The van der Waals surface area contributed by atoms with E-state index in [-0.39, 0.29) is 31.0 Å². The first-order valence-corrected chi connectivity index (χ1v) is 13.3. The summed E-state index contributed by atoms with van der Waals surface area (Å²) >= 11 is 12.5. The lowest BCUT2D eigenvalue weighted by atomic mass is 9.95. The van der Waals surface area contributed by atoms with Gasteiger partial charge in [-0.2, -0.15) is 0 Å². The van der Waals surface area contributed by atoms with Crippen LogP contribution in [0.1, 0.15) is 76.3 Å². The van der Waals surface area contributed by atoms with Crippen LogP contribution in [0.2, 0.25) is 10.0 Å². The minimum atomic E-state index is -0.622. The summed E-state index contributed by atoms with van der Waals surface area (Å²) in [7, 11) is 0. The Morgan fingerprint density at radius 1 is 1.06 bits per heavy atom. The summed E-state index contributed by atoms with van der Waals surface area (Å²) in [5, 5.41) is 4.16. The SMILES string of the molecule is CC[C@@H](C(=O)NC1CCCCC1)N(Cc1ccc(Cl)cc1Cl)C(=O)COc1ccc(C(C)C)cc1. The van der Waals surface area contributed by atoms with E-state index in [0.717, 1.165) is 31.2 Å². The molecule has 7 heteroatoms. The summed E-state index contributed by atoms with van der Waals surface area (Å²) in [5.74, 6) is 0.638. The molecule has 2 amide bonds. The van der Waals surface area contributed by atoms with Crippen molar-refractivity contribution < 1.29 is 14.3 Å². The number of rotatable bonds is 10. The fourth-order valence-corrected chi connectivity index (χ4v) is 4.94. The third-order valence-corrected chi connectivity index (χ3v) is 7.19. The van der Waals surface area contributed by atoms with Crippen LogP contribution in [0.15, 0.2) is 42.5 Å². The molecular weight excluding hydrogens is 483 g/mol. The van der Waals surface area contributed by atoms with Gasteiger partial charge in [-0.3, -0.25) is 9.59 Å². The molecule has 2 aromatic rings. The summed E-state index contributed by atoms with van der Waals surface area (Å²) in [5.41, 5.74) is 1.93. The van der Waals surface area contributed by atoms with E-state index in [1.807, 2.05) is 31.2 Å². The number of hydrogen-bond acceptors (Lipinski definition) is 3. The Labute approximate surface area is 219 Å². The van der Waals surface area contributed by atoms with E-state index < -0.39 is 6.04 Å². The van der Waals surface area contributed by atoms with Gasteiger partial charge in [-0.25, -0.2) is 0 Å². The molecule has 0 radical (unpaired) electrons. The van der Waals surface area contributed by atoms with E-state index >= 15 is 0 Å². The molecule has 35 heavy (non-hydrogen) atoms. The van der Waals surface area contributed by atoms with Crippen LogP contribution in [-0.2, 0) is 16.1 Å². The molecule has 1 aliphatic rings. The number of ether oxygens (including phenoxy) is 1. The number of halogens is 2. The maximum absolute atomic E-state index is 13.4. The first-order chi connectivity index (χ1) is 16.8. The molecule has 1 atom stereocenters. The zero-order valence-electron chi connectivity index (χ0n) is 20.9. The Bertz CT molecular complexity index is 988. The van der Waals surface area contributed by atoms with E-state index in [9.17, 15) is 9.59 Å². The molecule has 0 saturated heterocycles. The number of carbonyl (C=O) groups excluding carboxylic acids is 2. The fourth-order valence-electron chi connectivity index (χ4n) is 4.47. The molecule has 1 aliphatic carbocycles. The van der Waals surface area contributed by atoms with Gasteiger partial charge in [-0.15, -0.1) is 0 Å². The Balaban J connectivity index is 1.76. The van der Waals surface area contributed by atoms with Crippen LogP contribution in [0.5, 0.6) is 5.75 Å².